The highest BCUT2D eigenvalue weighted by atomic mass is 16.7. The van der Waals surface area contributed by atoms with Gasteiger partial charge in [0.05, 0.1) is 27.4 Å². The third kappa shape index (κ3) is 3.12. The van der Waals surface area contributed by atoms with Gasteiger partial charge in [-0.15, -0.1) is 0 Å². The van der Waals surface area contributed by atoms with Gasteiger partial charge in [0.2, 0.25) is 0 Å². The number of quaternary nitrogens is 1. The maximum absolute atomic E-state index is 8.58. The number of rotatable bonds is 5. The Morgan fingerprint density at radius 1 is 1.20 bits per heavy atom. The SMILES string of the molecule is CO[N+](C)(CCO)CCO. The minimum atomic E-state index is 0.0737. The zero-order valence-electron chi connectivity index (χ0n) is 6.58. The molecule has 0 aromatic rings. The van der Waals surface area contributed by atoms with Crippen molar-refractivity contribution in [3.05, 3.63) is 0 Å². The van der Waals surface area contributed by atoms with E-state index >= 15 is 0 Å². The molecular formula is C6H16NO3+. The van der Waals surface area contributed by atoms with E-state index in [1.807, 2.05) is 7.05 Å². The monoisotopic (exact) mass is 150 g/mol. The van der Waals surface area contributed by atoms with Crippen LogP contribution in [0.1, 0.15) is 0 Å². The molecule has 4 nitrogen and oxygen atoms in total. The van der Waals surface area contributed by atoms with Gasteiger partial charge in [-0.05, 0) is 0 Å². The molecule has 0 radical (unpaired) electrons. The first kappa shape index (κ1) is 9.84. The average Bonchev–Trinajstić information content (AvgIpc) is 1.89. The maximum Gasteiger partial charge on any atom is 0.132 e. The summed E-state index contributed by atoms with van der Waals surface area (Å²) >= 11 is 0. The van der Waals surface area contributed by atoms with Crippen molar-refractivity contribution in [3.63, 3.8) is 0 Å². The second-order valence-electron chi connectivity index (χ2n) is 2.37. The van der Waals surface area contributed by atoms with Crippen molar-refractivity contribution in [1.82, 2.24) is 0 Å². The second-order valence-corrected chi connectivity index (χ2v) is 2.37. The molecule has 0 spiro atoms. The standard InChI is InChI=1S/C6H16NO3/c1-7(10-2,3-5-8)4-6-9/h8-9H,3-6H2,1-2H3/q+1. The van der Waals surface area contributed by atoms with Gasteiger partial charge in [-0.2, -0.15) is 4.65 Å². The lowest BCUT2D eigenvalue weighted by Crippen LogP contribution is -2.46. The Morgan fingerprint density at radius 2 is 1.60 bits per heavy atom. The fourth-order valence-electron chi connectivity index (χ4n) is 0.717. The number of nitrogens with zero attached hydrogens (tertiary/aromatic N) is 1. The van der Waals surface area contributed by atoms with E-state index in [-0.39, 0.29) is 17.9 Å². The Balaban J connectivity index is 3.69. The molecular weight excluding hydrogens is 134 g/mol. The van der Waals surface area contributed by atoms with Gasteiger partial charge in [0.25, 0.3) is 0 Å². The average molecular weight is 150 g/mol. The molecule has 0 atom stereocenters. The van der Waals surface area contributed by atoms with Crippen LogP contribution in [-0.4, -0.2) is 55.3 Å². The van der Waals surface area contributed by atoms with Gasteiger partial charge in [0, 0.05) is 0 Å². The van der Waals surface area contributed by atoms with Crippen LogP contribution in [0.15, 0.2) is 0 Å². The summed E-state index contributed by atoms with van der Waals surface area (Å²) < 4.78 is 0.257. The van der Waals surface area contributed by atoms with Crippen molar-refractivity contribution in [2.45, 2.75) is 0 Å². The topological polar surface area (TPSA) is 49.7 Å². The Kier molecular flexibility index (Phi) is 4.55. The number of hydroxylamine groups is 3. The molecule has 0 aromatic heterocycles. The molecule has 62 valence electrons. The molecule has 10 heavy (non-hydrogen) atoms. The smallest absolute Gasteiger partial charge is 0.132 e. The van der Waals surface area contributed by atoms with Crippen LogP contribution < -0.4 is 0 Å². The van der Waals surface area contributed by atoms with Gasteiger partial charge in [-0.1, -0.05) is 0 Å². The molecule has 0 amide bonds. The van der Waals surface area contributed by atoms with Crippen LogP contribution in [0.5, 0.6) is 0 Å². The van der Waals surface area contributed by atoms with E-state index in [1.54, 1.807) is 7.11 Å². The maximum atomic E-state index is 8.58. The van der Waals surface area contributed by atoms with Crippen LogP contribution in [0.2, 0.25) is 0 Å². The van der Waals surface area contributed by atoms with Crippen molar-refractivity contribution in [2.75, 3.05) is 40.5 Å². The summed E-state index contributed by atoms with van der Waals surface area (Å²) in [6.07, 6.45) is 0. The minimum absolute atomic E-state index is 0.0737. The molecule has 0 aliphatic rings. The van der Waals surface area contributed by atoms with Crippen LogP contribution in [0, 0.1) is 0 Å². The lowest BCUT2D eigenvalue weighted by Gasteiger charge is -2.28. The predicted molar refractivity (Wildman–Crippen MR) is 37.1 cm³/mol. The molecule has 0 bridgehead atoms. The predicted octanol–water partition coefficient (Wildman–Crippen LogP) is -1.02. The summed E-state index contributed by atoms with van der Waals surface area (Å²) in [5.74, 6) is 0. The molecule has 0 fully saturated rings. The molecule has 0 aliphatic carbocycles. The van der Waals surface area contributed by atoms with E-state index in [0.29, 0.717) is 13.1 Å². The molecule has 2 N–H and O–H groups in total. The highest BCUT2D eigenvalue weighted by Gasteiger charge is 2.19. The van der Waals surface area contributed by atoms with Crippen molar-refractivity contribution < 1.29 is 19.7 Å². The van der Waals surface area contributed by atoms with E-state index in [4.69, 9.17) is 15.1 Å². The fourth-order valence-corrected chi connectivity index (χ4v) is 0.717. The fraction of sp³-hybridized carbons (Fsp3) is 1.00. The third-order valence-electron chi connectivity index (χ3n) is 1.59. The van der Waals surface area contributed by atoms with Crippen LogP contribution in [0.3, 0.4) is 0 Å². The Labute approximate surface area is 61.2 Å². The van der Waals surface area contributed by atoms with Crippen LogP contribution in [0.25, 0.3) is 0 Å². The number of likely N-dealkylation sites (N-methyl/N-ethyl adjacent to an activating group) is 1. The van der Waals surface area contributed by atoms with E-state index in [2.05, 4.69) is 0 Å². The first-order valence-corrected chi connectivity index (χ1v) is 3.30. The quantitative estimate of drug-likeness (QED) is 0.389. The highest BCUT2D eigenvalue weighted by Crippen LogP contribution is 1.99. The van der Waals surface area contributed by atoms with Gasteiger partial charge in [0.15, 0.2) is 0 Å². The van der Waals surface area contributed by atoms with Crippen molar-refractivity contribution in [1.29, 1.82) is 0 Å². The first-order valence-electron chi connectivity index (χ1n) is 3.30. The summed E-state index contributed by atoms with van der Waals surface area (Å²) in [6.45, 7) is 1.17. The van der Waals surface area contributed by atoms with E-state index in [1.165, 1.54) is 0 Å². The number of aliphatic hydroxyl groups excluding tert-OH is 2. The van der Waals surface area contributed by atoms with Gasteiger partial charge in [-0.3, -0.25) is 0 Å². The molecule has 0 aromatic carbocycles. The number of aliphatic hydroxyl groups is 2. The van der Waals surface area contributed by atoms with E-state index in [9.17, 15) is 0 Å². The molecule has 0 unspecified atom stereocenters. The lowest BCUT2D eigenvalue weighted by molar-refractivity contribution is -1.09. The molecule has 0 aliphatic heterocycles. The molecule has 0 heterocycles. The normalized spacial score (nSPS) is 12.0. The minimum Gasteiger partial charge on any atom is -0.390 e. The van der Waals surface area contributed by atoms with Gasteiger partial charge in [0.1, 0.15) is 13.1 Å². The van der Waals surface area contributed by atoms with Gasteiger partial charge < -0.3 is 10.2 Å². The van der Waals surface area contributed by atoms with E-state index < -0.39 is 0 Å². The van der Waals surface area contributed by atoms with Gasteiger partial charge >= 0.3 is 0 Å². The largest absolute Gasteiger partial charge is 0.390 e. The molecule has 0 saturated carbocycles. The first-order chi connectivity index (χ1) is 4.68. The zero-order valence-corrected chi connectivity index (χ0v) is 6.58. The molecule has 0 saturated heterocycles. The van der Waals surface area contributed by atoms with Gasteiger partial charge in [-0.25, -0.2) is 4.84 Å². The zero-order chi connectivity index (χ0) is 8.04. The Hall–Kier alpha value is -0.160. The molecule has 4 heteroatoms. The van der Waals surface area contributed by atoms with Crippen LogP contribution in [-0.2, 0) is 4.84 Å². The summed E-state index contributed by atoms with van der Waals surface area (Å²) in [5, 5.41) is 17.2. The van der Waals surface area contributed by atoms with Crippen molar-refractivity contribution in [3.8, 4) is 0 Å². The van der Waals surface area contributed by atoms with E-state index in [0.717, 1.165) is 0 Å². The second kappa shape index (κ2) is 4.62. The van der Waals surface area contributed by atoms with Crippen LogP contribution in [0.4, 0.5) is 0 Å². The number of hydrogen-bond donors (Lipinski definition) is 2. The molecule has 0 rings (SSSR count). The van der Waals surface area contributed by atoms with Crippen molar-refractivity contribution in [2.24, 2.45) is 0 Å². The highest BCUT2D eigenvalue weighted by molar-refractivity contribution is 4.26. The summed E-state index contributed by atoms with van der Waals surface area (Å²) in [7, 11) is 3.37. The van der Waals surface area contributed by atoms with Crippen molar-refractivity contribution >= 4 is 0 Å². The Morgan fingerprint density at radius 3 is 1.80 bits per heavy atom. The summed E-state index contributed by atoms with van der Waals surface area (Å²) in [6, 6.07) is 0. The lowest BCUT2D eigenvalue weighted by atomic mass is 10.5. The summed E-state index contributed by atoms with van der Waals surface area (Å²) in [5.41, 5.74) is 0. The number of hydrogen-bond acceptors (Lipinski definition) is 3. The summed E-state index contributed by atoms with van der Waals surface area (Å²) in [4.78, 5) is 5.04. The third-order valence-corrected chi connectivity index (χ3v) is 1.59. The van der Waals surface area contributed by atoms with Crippen LogP contribution >= 0.6 is 0 Å². The Bertz CT molecular complexity index is 81.1.